The van der Waals surface area contributed by atoms with Gasteiger partial charge in [0.1, 0.15) is 0 Å². The molecule has 0 atom stereocenters. The van der Waals surface area contributed by atoms with Crippen LogP contribution in [0.3, 0.4) is 0 Å². The second-order valence-electron chi connectivity index (χ2n) is 5.16. The van der Waals surface area contributed by atoms with Crippen molar-refractivity contribution in [3.63, 3.8) is 0 Å². The van der Waals surface area contributed by atoms with Crippen LogP contribution in [0.4, 0.5) is 11.4 Å². The molecular weight excluding hydrogens is 306 g/mol. The second kappa shape index (κ2) is 6.03. The number of thiazole rings is 1. The molecule has 0 bridgehead atoms. The maximum atomic E-state index is 11.7. The summed E-state index contributed by atoms with van der Waals surface area (Å²) in [4.78, 5) is 18.1. The highest BCUT2D eigenvalue weighted by atomic mass is 35.5. The first kappa shape index (κ1) is 15.8. The fraction of sp³-hybridized carbons (Fsp3) is 0.333. The number of carbonyl (C=O) groups is 1. The van der Waals surface area contributed by atoms with E-state index in [1.807, 2.05) is 31.2 Å². The van der Waals surface area contributed by atoms with Crippen LogP contribution in [-0.4, -0.2) is 10.4 Å². The number of Topliss-reactive ketones (excluding diaryl/α,β-unsaturated/α-hetero) is 1. The van der Waals surface area contributed by atoms with Gasteiger partial charge in [-0.3, -0.25) is 4.79 Å². The summed E-state index contributed by atoms with van der Waals surface area (Å²) in [7, 11) is 0. The molecule has 1 heterocycles. The maximum absolute atomic E-state index is 11.7. The van der Waals surface area contributed by atoms with Crippen LogP contribution >= 0.6 is 23.7 Å². The number of benzene rings is 1. The van der Waals surface area contributed by atoms with E-state index in [0.717, 1.165) is 26.7 Å². The van der Waals surface area contributed by atoms with Crippen LogP contribution in [0, 0.1) is 6.92 Å². The molecule has 0 amide bonds. The molecule has 0 radical (unpaired) electrons. The SMILES string of the molecule is CC(=O)c1sc(=Nc2ccc(N)cc2)n(C2CC2)c1C.Cl. The van der Waals surface area contributed by atoms with Crippen LogP contribution in [0.25, 0.3) is 0 Å². The highest BCUT2D eigenvalue weighted by Crippen LogP contribution is 2.36. The number of halogens is 1. The standard InChI is InChI=1S/C15H17N3OS.ClH/c1-9-14(10(2)19)20-15(18(9)13-7-8-13)17-12-5-3-11(16)4-6-12;/h3-6,13H,7-8,16H2,1-2H3;1H. The number of aromatic nitrogens is 1. The summed E-state index contributed by atoms with van der Waals surface area (Å²) in [5.41, 5.74) is 8.32. The lowest BCUT2D eigenvalue weighted by Crippen LogP contribution is -2.14. The molecule has 0 saturated heterocycles. The lowest BCUT2D eigenvalue weighted by atomic mass is 10.3. The van der Waals surface area contributed by atoms with E-state index in [1.54, 1.807) is 6.92 Å². The van der Waals surface area contributed by atoms with Crippen molar-refractivity contribution in [3.05, 3.63) is 39.6 Å². The number of nitrogens with zero attached hydrogens (tertiary/aromatic N) is 2. The van der Waals surface area contributed by atoms with Gasteiger partial charge in [0.05, 0.1) is 10.6 Å². The molecule has 1 fully saturated rings. The Morgan fingerprint density at radius 2 is 1.95 bits per heavy atom. The summed E-state index contributed by atoms with van der Waals surface area (Å²) in [6.07, 6.45) is 2.34. The summed E-state index contributed by atoms with van der Waals surface area (Å²) in [5, 5.41) is 0. The molecule has 0 spiro atoms. The summed E-state index contributed by atoms with van der Waals surface area (Å²) in [5.74, 6) is 0.112. The van der Waals surface area contributed by atoms with Gasteiger partial charge >= 0.3 is 0 Å². The summed E-state index contributed by atoms with van der Waals surface area (Å²) in [6, 6.07) is 7.98. The quantitative estimate of drug-likeness (QED) is 0.692. The highest BCUT2D eigenvalue weighted by molar-refractivity contribution is 7.11. The minimum Gasteiger partial charge on any atom is -0.399 e. The van der Waals surface area contributed by atoms with E-state index in [0.29, 0.717) is 6.04 Å². The van der Waals surface area contributed by atoms with Crippen molar-refractivity contribution in [2.75, 3.05) is 5.73 Å². The Balaban J connectivity index is 0.00000161. The number of ketones is 1. The van der Waals surface area contributed by atoms with Gasteiger partial charge in [0.25, 0.3) is 0 Å². The molecule has 112 valence electrons. The zero-order valence-electron chi connectivity index (χ0n) is 12.0. The smallest absolute Gasteiger partial charge is 0.191 e. The maximum Gasteiger partial charge on any atom is 0.191 e. The number of nitrogens with two attached hydrogens (primary N) is 1. The average molecular weight is 324 g/mol. The third-order valence-corrected chi connectivity index (χ3v) is 4.70. The fourth-order valence-corrected chi connectivity index (χ4v) is 3.40. The van der Waals surface area contributed by atoms with E-state index < -0.39 is 0 Å². The number of nitrogen functional groups attached to an aromatic ring is 1. The van der Waals surface area contributed by atoms with Crippen LogP contribution in [-0.2, 0) is 0 Å². The van der Waals surface area contributed by atoms with Crippen LogP contribution in [0.15, 0.2) is 29.3 Å². The Labute approximate surface area is 133 Å². The Morgan fingerprint density at radius 3 is 2.48 bits per heavy atom. The zero-order chi connectivity index (χ0) is 14.3. The van der Waals surface area contributed by atoms with Crippen molar-refractivity contribution in [2.24, 2.45) is 4.99 Å². The first-order valence-corrected chi connectivity index (χ1v) is 7.51. The number of carbonyl (C=O) groups excluding carboxylic acids is 1. The lowest BCUT2D eigenvalue weighted by molar-refractivity contribution is 0.102. The van der Waals surface area contributed by atoms with E-state index in [2.05, 4.69) is 9.56 Å². The molecule has 1 saturated carbocycles. The summed E-state index contributed by atoms with van der Waals surface area (Å²) >= 11 is 1.48. The van der Waals surface area contributed by atoms with Crippen molar-refractivity contribution < 1.29 is 4.79 Å². The Morgan fingerprint density at radius 1 is 1.33 bits per heavy atom. The lowest BCUT2D eigenvalue weighted by Gasteiger charge is -2.03. The van der Waals surface area contributed by atoms with Crippen molar-refractivity contribution >= 4 is 40.9 Å². The van der Waals surface area contributed by atoms with E-state index >= 15 is 0 Å². The van der Waals surface area contributed by atoms with Crippen molar-refractivity contribution in [2.45, 2.75) is 32.7 Å². The molecule has 2 aromatic rings. The molecule has 1 aliphatic rings. The van der Waals surface area contributed by atoms with Crippen LogP contribution < -0.4 is 10.5 Å². The van der Waals surface area contributed by atoms with Crippen LogP contribution in [0.5, 0.6) is 0 Å². The molecule has 3 rings (SSSR count). The van der Waals surface area contributed by atoms with Gasteiger partial charge < -0.3 is 10.3 Å². The average Bonchev–Trinajstić information content (AvgIpc) is 3.17. The molecule has 1 aliphatic carbocycles. The Bertz CT molecular complexity index is 726. The predicted molar refractivity (Wildman–Crippen MR) is 88.6 cm³/mol. The monoisotopic (exact) mass is 323 g/mol. The molecule has 0 aliphatic heterocycles. The molecular formula is C15H18ClN3OS. The van der Waals surface area contributed by atoms with E-state index in [4.69, 9.17) is 5.73 Å². The minimum atomic E-state index is 0. The summed E-state index contributed by atoms with van der Waals surface area (Å²) < 4.78 is 2.21. The first-order valence-electron chi connectivity index (χ1n) is 6.69. The molecule has 1 aromatic heterocycles. The Kier molecular flexibility index (Phi) is 4.54. The van der Waals surface area contributed by atoms with Gasteiger partial charge in [0.2, 0.25) is 0 Å². The molecule has 21 heavy (non-hydrogen) atoms. The van der Waals surface area contributed by atoms with Gasteiger partial charge in [-0.25, -0.2) is 4.99 Å². The number of rotatable bonds is 3. The van der Waals surface area contributed by atoms with Gasteiger partial charge in [-0.2, -0.15) is 0 Å². The zero-order valence-corrected chi connectivity index (χ0v) is 13.6. The van der Waals surface area contributed by atoms with Crippen LogP contribution in [0.2, 0.25) is 0 Å². The predicted octanol–water partition coefficient (Wildman–Crippen LogP) is 3.63. The largest absolute Gasteiger partial charge is 0.399 e. The summed E-state index contributed by atoms with van der Waals surface area (Å²) in [6.45, 7) is 3.62. The number of anilines is 1. The van der Waals surface area contributed by atoms with Crippen molar-refractivity contribution in [3.8, 4) is 0 Å². The third kappa shape index (κ3) is 3.19. The molecule has 4 nitrogen and oxygen atoms in total. The minimum absolute atomic E-state index is 0. The number of hydrogen-bond acceptors (Lipinski definition) is 4. The topological polar surface area (TPSA) is 60.4 Å². The van der Waals surface area contributed by atoms with E-state index in [-0.39, 0.29) is 18.2 Å². The van der Waals surface area contributed by atoms with E-state index in [9.17, 15) is 4.79 Å². The second-order valence-corrected chi connectivity index (χ2v) is 6.14. The molecule has 6 heteroatoms. The van der Waals surface area contributed by atoms with E-state index in [1.165, 1.54) is 24.2 Å². The van der Waals surface area contributed by atoms with Gasteiger partial charge in [0, 0.05) is 24.3 Å². The molecule has 1 aromatic carbocycles. The first-order chi connectivity index (χ1) is 9.56. The molecule has 0 unspecified atom stereocenters. The fourth-order valence-electron chi connectivity index (χ4n) is 2.29. The Hall–Kier alpha value is -1.59. The van der Waals surface area contributed by atoms with Crippen LogP contribution in [0.1, 0.15) is 41.2 Å². The van der Waals surface area contributed by atoms with Crippen molar-refractivity contribution in [1.82, 2.24) is 4.57 Å². The van der Waals surface area contributed by atoms with Crippen molar-refractivity contribution in [1.29, 1.82) is 0 Å². The van der Waals surface area contributed by atoms with Gasteiger partial charge in [-0.1, -0.05) is 11.3 Å². The van der Waals surface area contributed by atoms with Gasteiger partial charge in [-0.15, -0.1) is 12.4 Å². The van der Waals surface area contributed by atoms with Gasteiger partial charge in [-0.05, 0) is 44.0 Å². The highest BCUT2D eigenvalue weighted by Gasteiger charge is 2.28. The third-order valence-electron chi connectivity index (χ3n) is 3.44. The number of hydrogen-bond donors (Lipinski definition) is 1. The van der Waals surface area contributed by atoms with Gasteiger partial charge in [0.15, 0.2) is 10.6 Å². The molecule has 2 N–H and O–H groups in total. The normalized spacial score (nSPS) is 14.9.